The lowest BCUT2D eigenvalue weighted by molar-refractivity contribution is -0.146. The van der Waals surface area contributed by atoms with Crippen molar-refractivity contribution in [3.05, 3.63) is 59.7 Å². The van der Waals surface area contributed by atoms with Gasteiger partial charge in [-0.1, -0.05) is 54.1 Å². The second-order valence-electron chi connectivity index (χ2n) is 5.17. The fourth-order valence-electron chi connectivity index (χ4n) is 2.11. The first-order valence-electron chi connectivity index (χ1n) is 6.99. The Bertz CT molecular complexity index is 613. The zero-order valence-electron chi connectivity index (χ0n) is 12.5. The molecule has 2 aromatic carbocycles. The van der Waals surface area contributed by atoms with Crippen LogP contribution in [0.4, 0.5) is 0 Å². The zero-order valence-corrected chi connectivity index (χ0v) is 13.3. The fourth-order valence-corrected chi connectivity index (χ4v) is 2.29. The minimum absolute atomic E-state index is 0.322. The van der Waals surface area contributed by atoms with Crippen LogP contribution in [0.5, 0.6) is 0 Å². The Labute approximate surface area is 130 Å². The Kier molecular flexibility index (Phi) is 4.69. The number of halogens is 1. The van der Waals surface area contributed by atoms with Crippen molar-refractivity contribution >= 4 is 17.6 Å². The topological polar surface area (TPSA) is 26.3 Å². The van der Waals surface area contributed by atoms with Crippen molar-refractivity contribution in [3.63, 3.8) is 0 Å². The molecule has 0 saturated heterocycles. The van der Waals surface area contributed by atoms with Gasteiger partial charge in [0.2, 0.25) is 0 Å². The number of alkyl halides is 1. The van der Waals surface area contributed by atoms with Gasteiger partial charge in [0.15, 0.2) is 4.87 Å². The fraction of sp³-hybridized carbons (Fsp3) is 0.278. The molecule has 1 atom stereocenters. The van der Waals surface area contributed by atoms with Gasteiger partial charge in [0.1, 0.15) is 0 Å². The Hall–Kier alpha value is -1.80. The summed E-state index contributed by atoms with van der Waals surface area (Å²) in [6.07, 6.45) is 0. The largest absolute Gasteiger partial charge is 0.464 e. The van der Waals surface area contributed by atoms with Gasteiger partial charge in [-0.05, 0) is 37.5 Å². The molecule has 0 amide bonds. The molecule has 0 fully saturated rings. The lowest BCUT2D eigenvalue weighted by Crippen LogP contribution is -2.28. The van der Waals surface area contributed by atoms with Crippen LogP contribution < -0.4 is 0 Å². The molecule has 0 aliphatic rings. The predicted molar refractivity (Wildman–Crippen MR) is 86.5 cm³/mol. The van der Waals surface area contributed by atoms with Crippen LogP contribution in [-0.2, 0) is 14.4 Å². The maximum atomic E-state index is 11.9. The van der Waals surface area contributed by atoms with E-state index in [1.807, 2.05) is 24.3 Å². The van der Waals surface area contributed by atoms with E-state index >= 15 is 0 Å². The van der Waals surface area contributed by atoms with E-state index in [-0.39, 0.29) is 0 Å². The Balaban J connectivity index is 2.26. The summed E-state index contributed by atoms with van der Waals surface area (Å²) in [6, 6.07) is 16.0. The number of rotatable bonds is 4. The third-order valence-electron chi connectivity index (χ3n) is 3.47. The Morgan fingerprint density at radius 2 is 1.52 bits per heavy atom. The smallest absolute Gasteiger partial charge is 0.331 e. The number of hydrogen-bond donors (Lipinski definition) is 0. The number of ether oxygens (including phenoxy) is 1. The lowest BCUT2D eigenvalue weighted by Gasteiger charge is -2.20. The van der Waals surface area contributed by atoms with E-state index in [1.165, 1.54) is 5.56 Å². The van der Waals surface area contributed by atoms with Gasteiger partial charge in [0, 0.05) is 0 Å². The van der Waals surface area contributed by atoms with Crippen molar-refractivity contribution in [2.45, 2.75) is 25.6 Å². The second kappa shape index (κ2) is 6.31. The van der Waals surface area contributed by atoms with Crippen molar-refractivity contribution in [2.24, 2.45) is 0 Å². The van der Waals surface area contributed by atoms with Crippen LogP contribution in [-0.4, -0.2) is 12.6 Å². The summed E-state index contributed by atoms with van der Waals surface area (Å²) in [5, 5.41) is 0. The normalized spacial score (nSPS) is 13.5. The molecular weight excluding hydrogens is 284 g/mol. The molecule has 0 N–H and O–H groups in total. The third-order valence-corrected chi connectivity index (χ3v) is 3.84. The number of hydrogen-bond acceptors (Lipinski definition) is 2. The number of benzene rings is 2. The highest BCUT2D eigenvalue weighted by atomic mass is 35.5. The van der Waals surface area contributed by atoms with Crippen molar-refractivity contribution in [3.8, 4) is 11.1 Å². The van der Waals surface area contributed by atoms with Crippen LogP contribution in [0.25, 0.3) is 11.1 Å². The van der Waals surface area contributed by atoms with Crippen LogP contribution in [0.2, 0.25) is 0 Å². The van der Waals surface area contributed by atoms with Crippen molar-refractivity contribution < 1.29 is 9.53 Å². The second-order valence-corrected chi connectivity index (χ2v) is 5.92. The zero-order chi connectivity index (χ0) is 15.5. The molecule has 2 aromatic rings. The number of aryl methyl sites for hydroxylation is 1. The molecule has 0 radical (unpaired) electrons. The van der Waals surface area contributed by atoms with Crippen LogP contribution in [0, 0.1) is 6.92 Å². The van der Waals surface area contributed by atoms with E-state index in [9.17, 15) is 4.79 Å². The Morgan fingerprint density at radius 3 is 2.00 bits per heavy atom. The lowest BCUT2D eigenvalue weighted by atomic mass is 9.96. The monoisotopic (exact) mass is 302 g/mol. The third kappa shape index (κ3) is 3.45. The maximum absolute atomic E-state index is 11.9. The molecular formula is C18H19ClO2. The molecule has 1 unspecified atom stereocenters. The summed E-state index contributed by atoms with van der Waals surface area (Å²) < 4.78 is 5.02. The van der Waals surface area contributed by atoms with Gasteiger partial charge < -0.3 is 4.74 Å². The van der Waals surface area contributed by atoms with Crippen LogP contribution in [0.15, 0.2) is 48.5 Å². The molecule has 2 rings (SSSR count). The van der Waals surface area contributed by atoms with Crippen molar-refractivity contribution in [1.29, 1.82) is 0 Å². The van der Waals surface area contributed by atoms with E-state index in [0.717, 1.165) is 16.7 Å². The molecule has 2 nitrogen and oxygen atoms in total. The molecule has 110 valence electrons. The summed E-state index contributed by atoms with van der Waals surface area (Å²) in [5.74, 6) is -0.422. The SMILES string of the molecule is CCOC(=O)C(C)(Cl)c1ccc(-c2ccc(C)cc2)cc1. The van der Waals surface area contributed by atoms with E-state index in [0.29, 0.717) is 6.61 Å². The van der Waals surface area contributed by atoms with E-state index < -0.39 is 10.8 Å². The minimum Gasteiger partial charge on any atom is -0.464 e. The predicted octanol–water partition coefficient (Wildman–Crippen LogP) is 4.68. The van der Waals surface area contributed by atoms with Crippen LogP contribution >= 0.6 is 11.6 Å². The van der Waals surface area contributed by atoms with Gasteiger partial charge in [-0.25, -0.2) is 4.79 Å². The maximum Gasteiger partial charge on any atom is 0.331 e. The quantitative estimate of drug-likeness (QED) is 0.605. The van der Waals surface area contributed by atoms with E-state index in [4.69, 9.17) is 16.3 Å². The standard InChI is InChI=1S/C18H19ClO2/c1-4-21-17(20)18(3,19)16-11-9-15(10-12-16)14-7-5-13(2)6-8-14/h5-12H,4H2,1-3H3. The first-order chi connectivity index (χ1) is 9.95. The molecule has 21 heavy (non-hydrogen) atoms. The average molecular weight is 303 g/mol. The number of carbonyl (C=O) groups excluding carboxylic acids is 1. The van der Waals surface area contributed by atoms with Gasteiger partial charge in [-0.15, -0.1) is 11.6 Å². The summed E-state index contributed by atoms with van der Waals surface area (Å²) in [4.78, 5) is 10.8. The summed E-state index contributed by atoms with van der Waals surface area (Å²) in [6.45, 7) is 5.81. The molecule has 0 aromatic heterocycles. The van der Waals surface area contributed by atoms with Crippen LogP contribution in [0.3, 0.4) is 0 Å². The van der Waals surface area contributed by atoms with Gasteiger partial charge in [0.25, 0.3) is 0 Å². The van der Waals surface area contributed by atoms with Crippen molar-refractivity contribution in [1.82, 2.24) is 0 Å². The van der Waals surface area contributed by atoms with E-state index in [1.54, 1.807) is 13.8 Å². The molecule has 0 bridgehead atoms. The molecule has 0 spiro atoms. The minimum atomic E-state index is -1.15. The summed E-state index contributed by atoms with van der Waals surface area (Å²) in [7, 11) is 0. The summed E-state index contributed by atoms with van der Waals surface area (Å²) >= 11 is 6.34. The van der Waals surface area contributed by atoms with Gasteiger partial charge in [0.05, 0.1) is 6.61 Å². The van der Waals surface area contributed by atoms with Crippen LogP contribution in [0.1, 0.15) is 25.0 Å². The first kappa shape index (κ1) is 15.6. The number of carbonyl (C=O) groups is 1. The van der Waals surface area contributed by atoms with Gasteiger partial charge >= 0.3 is 5.97 Å². The molecule has 0 aliphatic heterocycles. The molecule has 3 heteroatoms. The van der Waals surface area contributed by atoms with E-state index in [2.05, 4.69) is 31.2 Å². The van der Waals surface area contributed by atoms with Gasteiger partial charge in [-0.2, -0.15) is 0 Å². The summed E-state index contributed by atoms with van der Waals surface area (Å²) in [5.41, 5.74) is 4.19. The molecule has 0 heterocycles. The average Bonchev–Trinajstić information content (AvgIpc) is 2.48. The van der Waals surface area contributed by atoms with Gasteiger partial charge in [-0.3, -0.25) is 0 Å². The molecule has 0 aliphatic carbocycles. The Morgan fingerprint density at radius 1 is 1.05 bits per heavy atom. The number of esters is 1. The highest BCUT2D eigenvalue weighted by Crippen LogP contribution is 2.31. The highest BCUT2D eigenvalue weighted by molar-refractivity contribution is 6.33. The highest BCUT2D eigenvalue weighted by Gasteiger charge is 2.34. The molecule has 0 saturated carbocycles. The van der Waals surface area contributed by atoms with Crippen molar-refractivity contribution in [2.75, 3.05) is 6.61 Å². The first-order valence-corrected chi connectivity index (χ1v) is 7.36.